The van der Waals surface area contributed by atoms with E-state index in [0.717, 1.165) is 4.88 Å². The van der Waals surface area contributed by atoms with Gasteiger partial charge in [0, 0.05) is 18.5 Å². The normalized spacial score (nSPS) is 12.2. The number of methoxy groups -OCH3 is 1. The molecule has 1 heterocycles. The van der Waals surface area contributed by atoms with E-state index in [1.165, 1.54) is 36.6 Å². The first-order chi connectivity index (χ1) is 10.0. The highest BCUT2D eigenvalue weighted by Gasteiger charge is 2.18. The lowest BCUT2D eigenvalue weighted by molar-refractivity contribution is 0.0834. The van der Waals surface area contributed by atoms with Crippen molar-refractivity contribution in [3.05, 3.63) is 55.9 Å². The Balaban J connectivity index is 2.06. The van der Waals surface area contributed by atoms with Crippen LogP contribution in [0.2, 0.25) is 9.36 Å². The Morgan fingerprint density at radius 2 is 2.14 bits per heavy atom. The van der Waals surface area contributed by atoms with Crippen LogP contribution in [0.1, 0.15) is 21.3 Å². The Bertz CT molecular complexity index is 627. The molecule has 0 saturated carbocycles. The van der Waals surface area contributed by atoms with E-state index in [9.17, 15) is 9.18 Å². The smallest absolute Gasteiger partial charge is 0.255 e. The second kappa shape index (κ2) is 7.22. The van der Waals surface area contributed by atoms with Gasteiger partial charge < -0.3 is 10.1 Å². The molecule has 1 N–H and O–H groups in total. The molecule has 0 bridgehead atoms. The molecule has 2 rings (SSSR count). The third-order valence-corrected chi connectivity index (χ3v) is 4.47. The van der Waals surface area contributed by atoms with Gasteiger partial charge in [-0.2, -0.15) is 0 Å². The highest BCUT2D eigenvalue weighted by atomic mass is 35.5. The fourth-order valence-electron chi connectivity index (χ4n) is 1.79. The van der Waals surface area contributed by atoms with Crippen LogP contribution in [0.5, 0.6) is 0 Å². The standard InChI is InChI=1S/C14H12Cl2FNO2S/c1-20-10(11-5-6-12(16)21-11)7-18-14(19)13-8(15)3-2-4-9(13)17/h2-6,10H,7H2,1H3,(H,18,19)/t10-/m0/s1. The van der Waals surface area contributed by atoms with Crippen molar-refractivity contribution in [3.8, 4) is 0 Å². The maximum Gasteiger partial charge on any atom is 0.255 e. The minimum atomic E-state index is -0.659. The zero-order valence-electron chi connectivity index (χ0n) is 11.0. The van der Waals surface area contributed by atoms with E-state index in [0.29, 0.717) is 4.34 Å². The average molecular weight is 348 g/mol. The van der Waals surface area contributed by atoms with Gasteiger partial charge in [-0.1, -0.05) is 29.3 Å². The van der Waals surface area contributed by atoms with Gasteiger partial charge in [-0.3, -0.25) is 4.79 Å². The molecule has 3 nitrogen and oxygen atoms in total. The number of rotatable bonds is 5. The van der Waals surface area contributed by atoms with Crippen molar-refractivity contribution in [2.45, 2.75) is 6.10 Å². The number of halogens is 3. The lowest BCUT2D eigenvalue weighted by Crippen LogP contribution is -2.29. The summed E-state index contributed by atoms with van der Waals surface area (Å²) < 4.78 is 19.6. The van der Waals surface area contributed by atoms with Crippen LogP contribution in [-0.2, 0) is 4.74 Å². The number of thiophene rings is 1. The molecule has 0 spiro atoms. The molecule has 0 aliphatic carbocycles. The largest absolute Gasteiger partial charge is 0.374 e. The van der Waals surface area contributed by atoms with Gasteiger partial charge in [0.1, 0.15) is 11.9 Å². The van der Waals surface area contributed by atoms with Crippen molar-refractivity contribution in [1.29, 1.82) is 0 Å². The first-order valence-electron chi connectivity index (χ1n) is 6.03. The predicted octanol–water partition coefficient (Wildman–Crippen LogP) is 4.31. The highest BCUT2D eigenvalue weighted by Crippen LogP contribution is 2.28. The van der Waals surface area contributed by atoms with Gasteiger partial charge in [-0.05, 0) is 24.3 Å². The zero-order chi connectivity index (χ0) is 15.4. The molecule has 1 amide bonds. The average Bonchev–Trinajstić information content (AvgIpc) is 2.86. The molecule has 0 aliphatic heterocycles. The number of ether oxygens (including phenoxy) is 1. The van der Waals surface area contributed by atoms with Gasteiger partial charge in [0.15, 0.2) is 0 Å². The topological polar surface area (TPSA) is 38.3 Å². The molecule has 21 heavy (non-hydrogen) atoms. The summed E-state index contributed by atoms with van der Waals surface area (Å²) in [6.45, 7) is 0.191. The molecule has 112 valence electrons. The third-order valence-electron chi connectivity index (χ3n) is 2.83. The van der Waals surface area contributed by atoms with Crippen LogP contribution in [0.4, 0.5) is 4.39 Å². The molecule has 2 aromatic rings. The molecular formula is C14H12Cl2FNO2S. The lowest BCUT2D eigenvalue weighted by atomic mass is 10.2. The van der Waals surface area contributed by atoms with Gasteiger partial charge >= 0.3 is 0 Å². The Morgan fingerprint density at radius 3 is 2.71 bits per heavy atom. The number of hydrogen-bond acceptors (Lipinski definition) is 3. The first kappa shape index (κ1) is 16.2. The van der Waals surface area contributed by atoms with Crippen molar-refractivity contribution >= 4 is 40.4 Å². The molecule has 0 radical (unpaired) electrons. The lowest BCUT2D eigenvalue weighted by Gasteiger charge is -2.15. The van der Waals surface area contributed by atoms with Crippen LogP contribution in [0.25, 0.3) is 0 Å². The SMILES string of the molecule is CO[C@@H](CNC(=O)c1c(F)cccc1Cl)c1ccc(Cl)s1. The fourth-order valence-corrected chi connectivity index (χ4v) is 3.18. The summed E-state index contributed by atoms with van der Waals surface area (Å²) in [5, 5.41) is 2.68. The van der Waals surface area contributed by atoms with E-state index in [1.54, 1.807) is 6.07 Å². The summed E-state index contributed by atoms with van der Waals surface area (Å²) >= 11 is 13.1. The number of hydrogen-bond donors (Lipinski definition) is 1. The number of carbonyl (C=O) groups excluding carboxylic acids is 1. The number of benzene rings is 1. The van der Waals surface area contributed by atoms with Gasteiger partial charge in [0.25, 0.3) is 5.91 Å². The third kappa shape index (κ3) is 3.95. The van der Waals surface area contributed by atoms with Crippen molar-refractivity contribution in [2.75, 3.05) is 13.7 Å². The Hall–Kier alpha value is -1.14. The van der Waals surface area contributed by atoms with Gasteiger partial charge in [0.2, 0.25) is 0 Å². The quantitative estimate of drug-likeness (QED) is 0.874. The monoisotopic (exact) mass is 347 g/mol. The van der Waals surface area contributed by atoms with E-state index in [1.807, 2.05) is 6.07 Å². The molecule has 0 saturated heterocycles. The maximum absolute atomic E-state index is 13.6. The molecule has 1 atom stereocenters. The van der Waals surface area contributed by atoms with E-state index >= 15 is 0 Å². The van der Waals surface area contributed by atoms with E-state index < -0.39 is 11.7 Å². The summed E-state index contributed by atoms with van der Waals surface area (Å²) in [5.74, 6) is -1.24. The summed E-state index contributed by atoms with van der Waals surface area (Å²) in [6, 6.07) is 7.67. The van der Waals surface area contributed by atoms with Gasteiger partial charge in [0.05, 0.1) is 14.9 Å². The maximum atomic E-state index is 13.6. The summed E-state index contributed by atoms with van der Waals surface area (Å²) in [4.78, 5) is 12.9. The number of carbonyl (C=O) groups is 1. The predicted molar refractivity (Wildman–Crippen MR) is 82.8 cm³/mol. The molecule has 0 unspecified atom stereocenters. The van der Waals surface area contributed by atoms with E-state index in [-0.39, 0.29) is 23.2 Å². The van der Waals surface area contributed by atoms with Crippen LogP contribution in [0.15, 0.2) is 30.3 Å². The van der Waals surface area contributed by atoms with E-state index in [2.05, 4.69) is 5.32 Å². The first-order valence-corrected chi connectivity index (χ1v) is 7.60. The molecule has 1 aromatic heterocycles. The van der Waals surface area contributed by atoms with Crippen LogP contribution in [0, 0.1) is 5.82 Å². The van der Waals surface area contributed by atoms with Crippen LogP contribution in [-0.4, -0.2) is 19.6 Å². The Kier molecular flexibility index (Phi) is 5.58. The van der Waals surface area contributed by atoms with Gasteiger partial charge in [-0.15, -0.1) is 11.3 Å². The van der Waals surface area contributed by atoms with Crippen molar-refractivity contribution in [2.24, 2.45) is 0 Å². The fraction of sp³-hybridized carbons (Fsp3) is 0.214. The minimum absolute atomic E-state index is 0.0700. The number of nitrogens with one attached hydrogen (secondary N) is 1. The zero-order valence-corrected chi connectivity index (χ0v) is 13.4. The second-order valence-electron chi connectivity index (χ2n) is 4.17. The molecule has 0 fully saturated rings. The Morgan fingerprint density at radius 1 is 1.38 bits per heavy atom. The van der Waals surface area contributed by atoms with Gasteiger partial charge in [-0.25, -0.2) is 4.39 Å². The molecule has 7 heteroatoms. The molecular weight excluding hydrogens is 336 g/mol. The number of amides is 1. The second-order valence-corrected chi connectivity index (χ2v) is 6.33. The van der Waals surface area contributed by atoms with Crippen LogP contribution < -0.4 is 5.32 Å². The van der Waals surface area contributed by atoms with E-state index in [4.69, 9.17) is 27.9 Å². The molecule has 0 aliphatic rings. The van der Waals surface area contributed by atoms with Crippen molar-refractivity contribution < 1.29 is 13.9 Å². The Labute approximate surface area is 135 Å². The van der Waals surface area contributed by atoms with Crippen molar-refractivity contribution in [3.63, 3.8) is 0 Å². The summed E-state index contributed by atoms with van der Waals surface area (Å²) in [6.07, 6.45) is -0.350. The minimum Gasteiger partial charge on any atom is -0.374 e. The van der Waals surface area contributed by atoms with Crippen LogP contribution >= 0.6 is 34.5 Å². The van der Waals surface area contributed by atoms with Crippen molar-refractivity contribution in [1.82, 2.24) is 5.32 Å². The molecule has 1 aromatic carbocycles. The summed E-state index contributed by atoms with van der Waals surface area (Å²) in [7, 11) is 1.53. The summed E-state index contributed by atoms with van der Waals surface area (Å²) in [5.41, 5.74) is -0.168. The van der Waals surface area contributed by atoms with Crippen LogP contribution in [0.3, 0.4) is 0 Å². The highest BCUT2D eigenvalue weighted by molar-refractivity contribution is 7.16.